The highest BCUT2D eigenvalue weighted by Gasteiger charge is 2.58. The molecule has 2 fully saturated rings. The van der Waals surface area contributed by atoms with E-state index in [-0.39, 0.29) is 12.1 Å². The van der Waals surface area contributed by atoms with Gasteiger partial charge in [-0.1, -0.05) is 5.16 Å². The second-order valence-electron chi connectivity index (χ2n) is 8.00. The predicted octanol–water partition coefficient (Wildman–Crippen LogP) is 1.78. The van der Waals surface area contributed by atoms with Gasteiger partial charge in [0.15, 0.2) is 5.82 Å². The minimum Gasteiger partial charge on any atom is -0.371 e. The molecular weight excluding hydrogens is 382 g/mol. The van der Waals surface area contributed by atoms with Crippen molar-refractivity contribution in [2.24, 2.45) is 11.8 Å². The highest BCUT2D eigenvalue weighted by molar-refractivity contribution is 5.75. The minimum atomic E-state index is -0.216. The lowest BCUT2D eigenvalue weighted by Crippen LogP contribution is -2.24. The van der Waals surface area contributed by atoms with Gasteiger partial charge in [-0.2, -0.15) is 10.1 Å². The van der Waals surface area contributed by atoms with Crippen molar-refractivity contribution in [3.8, 4) is 0 Å². The Labute approximate surface area is 171 Å². The van der Waals surface area contributed by atoms with E-state index in [0.29, 0.717) is 34.5 Å². The summed E-state index contributed by atoms with van der Waals surface area (Å²) in [6.07, 6.45) is 5.08. The Morgan fingerprint density at radius 1 is 1.17 bits per heavy atom. The van der Waals surface area contributed by atoms with Gasteiger partial charge < -0.3 is 9.42 Å². The molecule has 0 amide bonds. The topological polar surface area (TPSA) is 103 Å². The predicted molar refractivity (Wildman–Crippen MR) is 108 cm³/mol. The molecule has 1 saturated heterocycles. The summed E-state index contributed by atoms with van der Waals surface area (Å²) in [6.45, 7) is 4.14. The third-order valence-corrected chi connectivity index (χ3v) is 6.13. The summed E-state index contributed by atoms with van der Waals surface area (Å²) in [7, 11) is 0. The van der Waals surface area contributed by atoms with Crippen molar-refractivity contribution < 1.29 is 4.52 Å². The fraction of sp³-hybridized carbons (Fsp3) is 0.333. The molecule has 6 rings (SSSR count). The summed E-state index contributed by atoms with van der Waals surface area (Å²) in [5, 5.41) is 8.90. The highest BCUT2D eigenvalue weighted by Crippen LogP contribution is 2.57. The standard InChI is InChI=1S/C21H19N7O2/c1-12-7-13(4-6-22-12)27-9-15-16(10-27)19(15)20-25-18(30-26-20)11-28-21(29)14-3-2-5-23-17(14)8-24-28/h2-8,15-16,19H,9-11H2,1H3. The molecule has 9 nitrogen and oxygen atoms in total. The van der Waals surface area contributed by atoms with Crippen LogP contribution in [0.15, 0.2) is 52.2 Å². The smallest absolute Gasteiger partial charge is 0.276 e. The van der Waals surface area contributed by atoms with Crippen molar-refractivity contribution in [2.75, 3.05) is 18.0 Å². The van der Waals surface area contributed by atoms with Crippen molar-refractivity contribution in [3.63, 3.8) is 0 Å². The zero-order valence-corrected chi connectivity index (χ0v) is 16.3. The maximum Gasteiger partial charge on any atom is 0.276 e. The van der Waals surface area contributed by atoms with E-state index in [1.54, 1.807) is 24.5 Å². The van der Waals surface area contributed by atoms with E-state index in [4.69, 9.17) is 4.52 Å². The molecule has 0 radical (unpaired) electrons. The number of hydrogen-bond donors (Lipinski definition) is 0. The molecule has 4 aromatic heterocycles. The molecule has 1 saturated carbocycles. The first-order valence-electron chi connectivity index (χ1n) is 9.98. The van der Waals surface area contributed by atoms with Gasteiger partial charge in [0.05, 0.1) is 17.1 Å². The summed E-state index contributed by atoms with van der Waals surface area (Å²) in [6, 6.07) is 7.66. The molecule has 0 aromatic carbocycles. The number of anilines is 1. The van der Waals surface area contributed by atoms with Crippen LogP contribution in [0.25, 0.3) is 10.9 Å². The maximum absolute atomic E-state index is 12.6. The summed E-state index contributed by atoms with van der Waals surface area (Å²) in [4.78, 5) is 28.0. The first kappa shape index (κ1) is 17.3. The van der Waals surface area contributed by atoms with Gasteiger partial charge in [0.25, 0.3) is 5.56 Å². The Hall–Kier alpha value is -3.62. The van der Waals surface area contributed by atoms with Crippen LogP contribution < -0.4 is 10.5 Å². The van der Waals surface area contributed by atoms with E-state index in [2.05, 4.69) is 42.2 Å². The molecule has 9 heteroatoms. The molecule has 2 unspecified atom stereocenters. The van der Waals surface area contributed by atoms with Gasteiger partial charge >= 0.3 is 0 Å². The second-order valence-corrected chi connectivity index (χ2v) is 8.00. The van der Waals surface area contributed by atoms with Crippen LogP contribution in [0.2, 0.25) is 0 Å². The van der Waals surface area contributed by atoms with E-state index in [0.717, 1.165) is 24.6 Å². The lowest BCUT2D eigenvalue weighted by atomic mass is 10.2. The number of piperidine rings is 1. The van der Waals surface area contributed by atoms with Gasteiger partial charge in [0, 0.05) is 42.8 Å². The first-order valence-corrected chi connectivity index (χ1v) is 9.98. The Kier molecular flexibility index (Phi) is 3.71. The quantitative estimate of drug-likeness (QED) is 0.510. The van der Waals surface area contributed by atoms with Gasteiger partial charge in [-0.3, -0.25) is 14.8 Å². The number of nitrogens with zero attached hydrogens (tertiary/aromatic N) is 7. The Bertz CT molecular complexity index is 1300. The van der Waals surface area contributed by atoms with Crippen LogP contribution in [0, 0.1) is 18.8 Å². The Balaban J connectivity index is 1.16. The van der Waals surface area contributed by atoms with Gasteiger partial charge in [0.2, 0.25) is 5.89 Å². The van der Waals surface area contributed by atoms with E-state index in [1.807, 2.05) is 13.1 Å². The molecule has 2 atom stereocenters. The van der Waals surface area contributed by atoms with Crippen molar-refractivity contribution in [2.45, 2.75) is 19.4 Å². The second kappa shape index (κ2) is 6.45. The van der Waals surface area contributed by atoms with Crippen LogP contribution in [0.1, 0.15) is 23.3 Å². The van der Waals surface area contributed by atoms with Crippen molar-refractivity contribution in [3.05, 3.63) is 70.6 Å². The fourth-order valence-corrected chi connectivity index (χ4v) is 4.57. The average Bonchev–Trinajstić information content (AvgIpc) is 3.10. The highest BCUT2D eigenvalue weighted by atomic mass is 16.5. The van der Waals surface area contributed by atoms with Crippen LogP contribution in [0.4, 0.5) is 5.69 Å². The Morgan fingerprint density at radius 2 is 2.03 bits per heavy atom. The van der Waals surface area contributed by atoms with Gasteiger partial charge in [0.1, 0.15) is 6.54 Å². The minimum absolute atomic E-state index is 0.154. The number of rotatable bonds is 4. The summed E-state index contributed by atoms with van der Waals surface area (Å²) in [5.41, 5.74) is 2.61. The molecule has 0 N–H and O–H groups in total. The van der Waals surface area contributed by atoms with Crippen molar-refractivity contribution in [1.82, 2.24) is 29.9 Å². The van der Waals surface area contributed by atoms with E-state index >= 15 is 0 Å². The number of hydrogen-bond acceptors (Lipinski definition) is 8. The normalized spacial score (nSPS) is 22.4. The van der Waals surface area contributed by atoms with Crippen LogP contribution in [-0.4, -0.2) is 43.0 Å². The van der Waals surface area contributed by atoms with Crippen molar-refractivity contribution in [1.29, 1.82) is 0 Å². The van der Waals surface area contributed by atoms with Crippen LogP contribution in [-0.2, 0) is 6.54 Å². The molecule has 1 aliphatic heterocycles. The SMILES string of the molecule is Cc1cc(N2CC3C(C2)C3c2noc(Cn3ncc4ncccc4c3=O)n2)ccn1. The molecule has 5 heterocycles. The lowest BCUT2D eigenvalue weighted by Gasteiger charge is -2.21. The van der Waals surface area contributed by atoms with Crippen LogP contribution in [0.3, 0.4) is 0 Å². The summed E-state index contributed by atoms with van der Waals surface area (Å²) in [5.74, 6) is 2.54. The van der Waals surface area contributed by atoms with Gasteiger partial charge in [-0.15, -0.1) is 0 Å². The third kappa shape index (κ3) is 2.77. The average molecular weight is 401 g/mol. The van der Waals surface area contributed by atoms with Gasteiger partial charge in [-0.25, -0.2) is 4.68 Å². The number of aromatic nitrogens is 6. The Morgan fingerprint density at radius 3 is 2.87 bits per heavy atom. The largest absolute Gasteiger partial charge is 0.371 e. The zero-order chi connectivity index (χ0) is 20.2. The van der Waals surface area contributed by atoms with Crippen molar-refractivity contribution >= 4 is 16.6 Å². The van der Waals surface area contributed by atoms with Crippen LogP contribution >= 0.6 is 0 Å². The molecule has 150 valence electrons. The number of pyridine rings is 2. The molecule has 4 aromatic rings. The number of aryl methyl sites for hydroxylation is 1. The molecule has 0 bridgehead atoms. The molecular formula is C21H19N7O2. The van der Waals surface area contributed by atoms with E-state index < -0.39 is 0 Å². The molecule has 30 heavy (non-hydrogen) atoms. The van der Waals surface area contributed by atoms with Crippen LogP contribution in [0.5, 0.6) is 0 Å². The van der Waals surface area contributed by atoms with E-state index in [9.17, 15) is 4.79 Å². The summed E-state index contributed by atoms with van der Waals surface area (Å²) >= 11 is 0. The monoisotopic (exact) mass is 401 g/mol. The molecule has 0 spiro atoms. The first-order chi connectivity index (χ1) is 14.7. The van der Waals surface area contributed by atoms with Gasteiger partial charge in [-0.05, 0) is 43.0 Å². The molecule has 2 aliphatic rings. The number of fused-ring (bicyclic) bond motifs is 2. The van der Waals surface area contributed by atoms with E-state index in [1.165, 1.54) is 10.4 Å². The third-order valence-electron chi connectivity index (χ3n) is 6.13. The lowest BCUT2D eigenvalue weighted by molar-refractivity contribution is 0.358. The zero-order valence-electron chi connectivity index (χ0n) is 16.3. The summed E-state index contributed by atoms with van der Waals surface area (Å²) < 4.78 is 6.77. The fourth-order valence-electron chi connectivity index (χ4n) is 4.57. The maximum atomic E-state index is 12.6. The molecule has 1 aliphatic carbocycles.